The molecular weight excluding hydrogens is 269 g/mol. The van der Waals surface area contributed by atoms with E-state index in [0.29, 0.717) is 17.5 Å². The maximum atomic E-state index is 13.7. The molecule has 106 valence electrons. The van der Waals surface area contributed by atoms with Gasteiger partial charge in [-0.1, -0.05) is 24.3 Å². The van der Waals surface area contributed by atoms with Crippen LogP contribution in [-0.4, -0.2) is 10.2 Å². The van der Waals surface area contributed by atoms with Gasteiger partial charge in [0.15, 0.2) is 0 Å². The second kappa shape index (κ2) is 5.75. The summed E-state index contributed by atoms with van der Waals surface area (Å²) in [5, 5.41) is 10.9. The lowest BCUT2D eigenvalue weighted by atomic mass is 10.2. The number of halogens is 1. The quantitative estimate of drug-likeness (QED) is 0.791. The van der Waals surface area contributed by atoms with E-state index < -0.39 is 0 Å². The van der Waals surface area contributed by atoms with Gasteiger partial charge >= 0.3 is 0 Å². The molecule has 0 fully saturated rings. The molecular formula is C16H14FN3O. The van der Waals surface area contributed by atoms with Crippen LogP contribution in [0.5, 0.6) is 0 Å². The maximum absolute atomic E-state index is 13.7. The zero-order chi connectivity index (χ0) is 14.7. The minimum absolute atomic E-state index is 0.278. The molecule has 0 aliphatic rings. The largest absolute Gasteiger partial charge is 0.419 e. The molecule has 2 aromatic carbocycles. The lowest BCUT2D eigenvalue weighted by Crippen LogP contribution is -2.01. The zero-order valence-corrected chi connectivity index (χ0v) is 11.5. The predicted molar refractivity (Wildman–Crippen MR) is 78.2 cm³/mol. The molecule has 0 aliphatic heterocycles. The van der Waals surface area contributed by atoms with Crippen molar-refractivity contribution in [3.05, 3.63) is 65.8 Å². The smallest absolute Gasteiger partial charge is 0.247 e. The first-order chi connectivity index (χ1) is 10.2. The van der Waals surface area contributed by atoms with Crippen molar-refractivity contribution >= 4 is 5.69 Å². The Labute approximate surface area is 121 Å². The number of nitrogens with zero attached hydrogens (tertiary/aromatic N) is 2. The van der Waals surface area contributed by atoms with E-state index in [2.05, 4.69) is 15.5 Å². The van der Waals surface area contributed by atoms with Gasteiger partial charge < -0.3 is 9.73 Å². The zero-order valence-electron chi connectivity index (χ0n) is 11.5. The van der Waals surface area contributed by atoms with Gasteiger partial charge in [-0.25, -0.2) is 4.39 Å². The van der Waals surface area contributed by atoms with Crippen LogP contribution in [0.15, 0.2) is 52.9 Å². The van der Waals surface area contributed by atoms with E-state index in [1.54, 1.807) is 6.07 Å². The fraction of sp³-hybridized carbons (Fsp3) is 0.125. The molecule has 0 spiro atoms. The van der Waals surface area contributed by atoms with Gasteiger partial charge in [0.05, 0.1) is 12.2 Å². The van der Waals surface area contributed by atoms with Crippen molar-refractivity contribution < 1.29 is 8.81 Å². The van der Waals surface area contributed by atoms with E-state index in [1.165, 1.54) is 6.07 Å². The van der Waals surface area contributed by atoms with Gasteiger partial charge in [-0.05, 0) is 36.8 Å². The minimum atomic E-state index is -0.294. The highest BCUT2D eigenvalue weighted by atomic mass is 19.1. The summed E-state index contributed by atoms with van der Waals surface area (Å²) in [5.74, 6) is 0.573. The van der Waals surface area contributed by atoms with Crippen molar-refractivity contribution in [3.8, 4) is 11.5 Å². The molecule has 1 N–H and O–H groups in total. The summed E-state index contributed by atoms with van der Waals surface area (Å²) in [7, 11) is 0. The van der Waals surface area contributed by atoms with E-state index in [1.807, 2.05) is 43.3 Å². The number of rotatable bonds is 4. The van der Waals surface area contributed by atoms with E-state index in [0.717, 1.165) is 11.1 Å². The first-order valence-electron chi connectivity index (χ1n) is 6.60. The van der Waals surface area contributed by atoms with Gasteiger partial charge in [-0.2, -0.15) is 0 Å². The standard InChI is InChI=1S/C16H14FN3O/c1-11-7-8-14(13(17)9-11)18-10-15-19-20-16(21-15)12-5-3-2-4-6-12/h2-9,18H,10H2,1H3. The Bertz CT molecular complexity index is 740. The van der Waals surface area contributed by atoms with Crippen LogP contribution in [0.4, 0.5) is 10.1 Å². The number of aryl methyl sites for hydroxylation is 1. The second-order valence-electron chi connectivity index (χ2n) is 4.70. The summed E-state index contributed by atoms with van der Waals surface area (Å²) < 4.78 is 19.2. The third-order valence-corrected chi connectivity index (χ3v) is 3.04. The molecule has 0 aliphatic carbocycles. The molecule has 3 aromatic rings. The summed E-state index contributed by atoms with van der Waals surface area (Å²) in [4.78, 5) is 0. The maximum Gasteiger partial charge on any atom is 0.247 e. The topological polar surface area (TPSA) is 51.0 Å². The Balaban J connectivity index is 1.70. The lowest BCUT2D eigenvalue weighted by Gasteiger charge is -2.05. The van der Waals surface area contributed by atoms with Gasteiger partial charge in [-0.3, -0.25) is 0 Å². The first-order valence-corrected chi connectivity index (χ1v) is 6.60. The summed E-state index contributed by atoms with van der Waals surface area (Å²) in [6.07, 6.45) is 0. The van der Waals surface area contributed by atoms with Crippen molar-refractivity contribution in [3.63, 3.8) is 0 Å². The number of hydrogen-bond acceptors (Lipinski definition) is 4. The Morgan fingerprint density at radius 2 is 1.90 bits per heavy atom. The summed E-state index contributed by atoms with van der Waals surface area (Å²) in [5.41, 5.74) is 2.15. The highest BCUT2D eigenvalue weighted by Crippen LogP contribution is 2.19. The molecule has 5 heteroatoms. The third kappa shape index (κ3) is 3.08. The molecule has 0 unspecified atom stereocenters. The molecule has 21 heavy (non-hydrogen) atoms. The van der Waals surface area contributed by atoms with Crippen LogP contribution in [0.3, 0.4) is 0 Å². The number of hydrogen-bond donors (Lipinski definition) is 1. The van der Waals surface area contributed by atoms with Gasteiger partial charge in [0, 0.05) is 5.56 Å². The monoisotopic (exact) mass is 283 g/mol. The summed E-state index contributed by atoms with van der Waals surface area (Å²) in [6.45, 7) is 2.12. The van der Waals surface area contributed by atoms with Crippen LogP contribution in [0.1, 0.15) is 11.5 Å². The Morgan fingerprint density at radius 1 is 1.10 bits per heavy atom. The highest BCUT2D eigenvalue weighted by molar-refractivity contribution is 5.52. The van der Waals surface area contributed by atoms with Crippen LogP contribution >= 0.6 is 0 Å². The van der Waals surface area contributed by atoms with Crippen molar-refractivity contribution in [2.45, 2.75) is 13.5 Å². The second-order valence-corrected chi connectivity index (χ2v) is 4.70. The Morgan fingerprint density at radius 3 is 2.67 bits per heavy atom. The molecule has 0 radical (unpaired) electrons. The van der Waals surface area contributed by atoms with Gasteiger partial charge in [0.2, 0.25) is 11.8 Å². The highest BCUT2D eigenvalue weighted by Gasteiger charge is 2.09. The molecule has 1 aromatic heterocycles. The van der Waals surface area contributed by atoms with Gasteiger partial charge in [-0.15, -0.1) is 10.2 Å². The van der Waals surface area contributed by atoms with Crippen LogP contribution in [0.2, 0.25) is 0 Å². The number of nitrogens with one attached hydrogen (secondary N) is 1. The summed E-state index contributed by atoms with van der Waals surface area (Å²) >= 11 is 0. The van der Waals surface area contributed by atoms with E-state index >= 15 is 0 Å². The Kier molecular flexibility index (Phi) is 3.64. The fourth-order valence-electron chi connectivity index (χ4n) is 1.96. The molecule has 0 saturated carbocycles. The molecule has 0 bridgehead atoms. The molecule has 0 saturated heterocycles. The average Bonchev–Trinajstić information content (AvgIpc) is 2.96. The molecule has 0 amide bonds. The number of aromatic nitrogens is 2. The average molecular weight is 283 g/mol. The third-order valence-electron chi connectivity index (χ3n) is 3.04. The van der Waals surface area contributed by atoms with Gasteiger partial charge in [0.25, 0.3) is 0 Å². The van der Waals surface area contributed by atoms with E-state index in [4.69, 9.17) is 4.42 Å². The molecule has 1 heterocycles. The molecule has 3 rings (SSSR count). The van der Waals surface area contributed by atoms with Crippen molar-refractivity contribution in [2.75, 3.05) is 5.32 Å². The molecule has 0 atom stereocenters. The summed E-state index contributed by atoms with van der Waals surface area (Å²) in [6, 6.07) is 14.5. The van der Waals surface area contributed by atoms with Crippen LogP contribution in [0.25, 0.3) is 11.5 Å². The number of benzene rings is 2. The van der Waals surface area contributed by atoms with Crippen molar-refractivity contribution in [2.24, 2.45) is 0 Å². The first kappa shape index (κ1) is 13.3. The van der Waals surface area contributed by atoms with Crippen molar-refractivity contribution in [1.29, 1.82) is 0 Å². The van der Waals surface area contributed by atoms with E-state index in [-0.39, 0.29) is 12.4 Å². The van der Waals surface area contributed by atoms with Crippen LogP contribution in [0, 0.1) is 12.7 Å². The fourth-order valence-corrected chi connectivity index (χ4v) is 1.96. The van der Waals surface area contributed by atoms with Crippen LogP contribution in [-0.2, 0) is 6.54 Å². The Hall–Kier alpha value is -2.69. The normalized spacial score (nSPS) is 10.6. The minimum Gasteiger partial charge on any atom is -0.419 e. The van der Waals surface area contributed by atoms with Crippen molar-refractivity contribution in [1.82, 2.24) is 10.2 Å². The molecule has 4 nitrogen and oxygen atoms in total. The SMILES string of the molecule is Cc1ccc(NCc2nnc(-c3ccccc3)o2)c(F)c1. The van der Waals surface area contributed by atoms with Gasteiger partial charge in [0.1, 0.15) is 5.82 Å². The van der Waals surface area contributed by atoms with Crippen LogP contribution < -0.4 is 5.32 Å². The number of anilines is 1. The lowest BCUT2D eigenvalue weighted by molar-refractivity contribution is 0.514. The predicted octanol–water partition coefficient (Wildman–Crippen LogP) is 3.80. The van der Waals surface area contributed by atoms with E-state index in [9.17, 15) is 4.39 Å².